The predicted octanol–water partition coefficient (Wildman–Crippen LogP) is 5.78. The topological polar surface area (TPSA) is 67.0 Å². The zero-order valence-electron chi connectivity index (χ0n) is 17.2. The average Bonchev–Trinajstić information content (AvgIpc) is 3.29. The number of aromatic amines is 1. The van der Waals surface area contributed by atoms with Crippen LogP contribution in [-0.2, 0) is 4.79 Å². The number of carbonyl (C=O) groups is 1. The summed E-state index contributed by atoms with van der Waals surface area (Å²) in [5, 5.41) is 9.88. The monoisotopic (exact) mass is 391 g/mol. The molecule has 152 valence electrons. The van der Waals surface area contributed by atoms with Crippen LogP contribution in [0.25, 0.3) is 11.1 Å². The Morgan fingerprint density at radius 2 is 1.93 bits per heavy atom. The average molecular weight is 392 g/mol. The fourth-order valence-electron chi connectivity index (χ4n) is 3.47. The molecule has 0 aliphatic carbocycles. The molecule has 0 aliphatic rings. The van der Waals surface area contributed by atoms with Crippen molar-refractivity contribution < 1.29 is 9.53 Å². The molecule has 0 aliphatic heterocycles. The molecule has 0 radical (unpaired) electrons. The van der Waals surface area contributed by atoms with E-state index in [1.807, 2.05) is 54.7 Å². The van der Waals surface area contributed by atoms with Crippen molar-refractivity contribution in [2.75, 3.05) is 12.4 Å². The molecule has 0 spiro atoms. The number of methoxy groups -OCH3 is 1. The molecule has 29 heavy (non-hydrogen) atoms. The first-order chi connectivity index (χ1) is 14.2. The molecule has 0 saturated carbocycles. The van der Waals surface area contributed by atoms with Crippen LogP contribution in [0.4, 0.5) is 5.69 Å². The number of aromatic nitrogens is 2. The molecule has 0 bridgehead atoms. The highest BCUT2D eigenvalue weighted by atomic mass is 16.5. The molecule has 5 nitrogen and oxygen atoms in total. The van der Waals surface area contributed by atoms with Crippen molar-refractivity contribution in [3.63, 3.8) is 0 Å². The smallest absolute Gasteiger partial charge is 0.231 e. The van der Waals surface area contributed by atoms with Crippen molar-refractivity contribution in [2.24, 2.45) is 0 Å². The van der Waals surface area contributed by atoms with Crippen LogP contribution in [0.1, 0.15) is 50.5 Å². The third-order valence-electron chi connectivity index (χ3n) is 5.14. The molecule has 2 aromatic carbocycles. The van der Waals surface area contributed by atoms with Gasteiger partial charge in [-0.2, -0.15) is 5.10 Å². The highest BCUT2D eigenvalue weighted by Crippen LogP contribution is 2.28. The van der Waals surface area contributed by atoms with Crippen LogP contribution < -0.4 is 10.1 Å². The largest absolute Gasteiger partial charge is 0.497 e. The zero-order valence-corrected chi connectivity index (χ0v) is 17.2. The van der Waals surface area contributed by atoms with Gasteiger partial charge in [-0.3, -0.25) is 9.89 Å². The molecule has 1 heterocycles. The number of carbonyl (C=O) groups excluding carboxylic acids is 1. The Bertz CT molecular complexity index is 889. The lowest BCUT2D eigenvalue weighted by atomic mass is 9.91. The van der Waals surface area contributed by atoms with E-state index >= 15 is 0 Å². The second-order valence-electron chi connectivity index (χ2n) is 7.23. The lowest BCUT2D eigenvalue weighted by molar-refractivity contribution is -0.117. The number of rotatable bonds is 10. The summed E-state index contributed by atoms with van der Waals surface area (Å²) in [6.45, 7) is 2.19. The minimum atomic E-state index is -0.199. The molecule has 1 atom stereocenters. The van der Waals surface area contributed by atoms with Gasteiger partial charge in [0.25, 0.3) is 0 Å². The lowest BCUT2D eigenvalue weighted by Crippen LogP contribution is -2.21. The van der Waals surface area contributed by atoms with Gasteiger partial charge in [0.2, 0.25) is 5.91 Å². The van der Waals surface area contributed by atoms with Crippen LogP contribution in [0, 0.1) is 0 Å². The summed E-state index contributed by atoms with van der Waals surface area (Å²) in [4.78, 5) is 13.1. The van der Waals surface area contributed by atoms with E-state index < -0.39 is 0 Å². The van der Waals surface area contributed by atoms with Gasteiger partial charge in [-0.05, 0) is 41.8 Å². The fourth-order valence-corrected chi connectivity index (χ4v) is 3.47. The Labute approximate surface area is 172 Å². The van der Waals surface area contributed by atoms with Crippen LogP contribution in [0.5, 0.6) is 5.75 Å². The number of unbranched alkanes of at least 4 members (excludes halogenated alkanes) is 3. The third kappa shape index (κ3) is 5.70. The minimum absolute atomic E-state index is 0.0193. The number of ether oxygens (including phenoxy) is 1. The molecule has 1 aromatic heterocycles. The van der Waals surface area contributed by atoms with Crippen molar-refractivity contribution in [3.05, 3.63) is 66.5 Å². The third-order valence-corrected chi connectivity index (χ3v) is 5.14. The predicted molar refractivity (Wildman–Crippen MR) is 117 cm³/mol. The van der Waals surface area contributed by atoms with Crippen LogP contribution in [0.3, 0.4) is 0 Å². The van der Waals surface area contributed by atoms with Crippen molar-refractivity contribution in [3.8, 4) is 16.9 Å². The number of hydrogen-bond acceptors (Lipinski definition) is 3. The van der Waals surface area contributed by atoms with E-state index in [1.54, 1.807) is 13.3 Å². The SMILES string of the molecule is CCCCCCC(C(=O)Nc1ccc(-c2cn[nH]c2)cc1)c1cccc(OC)c1. The molecular weight excluding hydrogens is 362 g/mol. The van der Waals surface area contributed by atoms with Gasteiger partial charge in [-0.25, -0.2) is 0 Å². The van der Waals surface area contributed by atoms with Crippen molar-refractivity contribution in [1.29, 1.82) is 0 Å². The maximum atomic E-state index is 13.1. The number of hydrogen-bond donors (Lipinski definition) is 2. The first-order valence-corrected chi connectivity index (χ1v) is 10.2. The molecular formula is C24H29N3O2. The summed E-state index contributed by atoms with van der Waals surface area (Å²) >= 11 is 0. The molecule has 5 heteroatoms. The van der Waals surface area contributed by atoms with Gasteiger partial charge in [-0.15, -0.1) is 0 Å². The van der Waals surface area contributed by atoms with Gasteiger partial charge in [-0.1, -0.05) is 56.9 Å². The van der Waals surface area contributed by atoms with E-state index in [0.717, 1.165) is 47.4 Å². The fraction of sp³-hybridized carbons (Fsp3) is 0.333. The number of anilines is 1. The highest BCUT2D eigenvalue weighted by molar-refractivity contribution is 5.96. The molecule has 3 rings (SSSR count). The highest BCUT2D eigenvalue weighted by Gasteiger charge is 2.21. The molecule has 2 N–H and O–H groups in total. The number of nitrogens with one attached hydrogen (secondary N) is 2. The van der Waals surface area contributed by atoms with Crippen LogP contribution >= 0.6 is 0 Å². The van der Waals surface area contributed by atoms with E-state index in [-0.39, 0.29) is 11.8 Å². The quantitative estimate of drug-likeness (QED) is 0.431. The number of H-pyrrole nitrogens is 1. The van der Waals surface area contributed by atoms with Gasteiger partial charge in [0.15, 0.2) is 0 Å². The van der Waals surface area contributed by atoms with E-state index in [2.05, 4.69) is 22.4 Å². The van der Waals surface area contributed by atoms with Crippen molar-refractivity contribution >= 4 is 11.6 Å². The van der Waals surface area contributed by atoms with Crippen LogP contribution in [-0.4, -0.2) is 23.2 Å². The van der Waals surface area contributed by atoms with Crippen molar-refractivity contribution in [2.45, 2.75) is 44.9 Å². The first kappa shape index (κ1) is 20.6. The summed E-state index contributed by atoms with van der Waals surface area (Å²) in [7, 11) is 1.65. The summed E-state index contributed by atoms with van der Waals surface area (Å²) < 4.78 is 5.36. The Morgan fingerprint density at radius 1 is 1.10 bits per heavy atom. The Hall–Kier alpha value is -3.08. The Balaban J connectivity index is 1.72. The first-order valence-electron chi connectivity index (χ1n) is 10.2. The maximum Gasteiger partial charge on any atom is 0.231 e. The van der Waals surface area contributed by atoms with Gasteiger partial charge in [0.05, 0.1) is 19.2 Å². The van der Waals surface area contributed by atoms with Gasteiger partial charge in [0.1, 0.15) is 5.75 Å². The second-order valence-corrected chi connectivity index (χ2v) is 7.23. The Morgan fingerprint density at radius 3 is 2.62 bits per heavy atom. The van der Waals surface area contributed by atoms with Crippen molar-refractivity contribution in [1.82, 2.24) is 10.2 Å². The Kier molecular flexibility index (Phi) is 7.45. The minimum Gasteiger partial charge on any atom is -0.497 e. The molecule has 3 aromatic rings. The van der Waals surface area contributed by atoms with E-state index in [0.29, 0.717) is 0 Å². The van der Waals surface area contributed by atoms with Crippen LogP contribution in [0.15, 0.2) is 60.9 Å². The normalized spacial score (nSPS) is 11.8. The van der Waals surface area contributed by atoms with E-state index in [9.17, 15) is 4.79 Å². The summed E-state index contributed by atoms with van der Waals surface area (Å²) in [6.07, 6.45) is 9.00. The zero-order chi connectivity index (χ0) is 20.5. The van der Waals surface area contributed by atoms with Crippen LogP contribution in [0.2, 0.25) is 0 Å². The van der Waals surface area contributed by atoms with Gasteiger partial charge < -0.3 is 10.1 Å². The molecule has 1 amide bonds. The lowest BCUT2D eigenvalue weighted by Gasteiger charge is -2.18. The summed E-state index contributed by atoms with van der Waals surface area (Å²) in [6, 6.07) is 15.7. The standard InChI is InChI=1S/C24H29N3O2/c1-3-4-5-6-10-23(19-8-7-9-22(15-19)29-2)24(28)27-21-13-11-18(12-14-21)20-16-25-26-17-20/h7-9,11-17,23H,3-6,10H2,1-2H3,(H,25,26)(H,27,28). The second kappa shape index (κ2) is 10.5. The van der Waals surface area contributed by atoms with Gasteiger partial charge >= 0.3 is 0 Å². The summed E-state index contributed by atoms with van der Waals surface area (Å²) in [5.41, 5.74) is 3.87. The maximum absolute atomic E-state index is 13.1. The number of benzene rings is 2. The molecule has 0 fully saturated rings. The number of nitrogens with zero attached hydrogens (tertiary/aromatic N) is 1. The molecule has 1 unspecified atom stereocenters. The molecule has 0 saturated heterocycles. The van der Waals surface area contributed by atoms with Gasteiger partial charge in [0, 0.05) is 17.4 Å². The number of amides is 1. The van der Waals surface area contributed by atoms with E-state index in [4.69, 9.17) is 4.74 Å². The van der Waals surface area contributed by atoms with E-state index in [1.165, 1.54) is 12.8 Å². The summed E-state index contributed by atoms with van der Waals surface area (Å²) in [5.74, 6) is 0.597.